The van der Waals surface area contributed by atoms with Gasteiger partial charge in [0.2, 0.25) is 0 Å². The molecule has 0 unspecified atom stereocenters. The number of phenolic OH excluding ortho intramolecular Hbond substituents is 1. The molecule has 0 aliphatic rings. The van der Waals surface area contributed by atoms with Gasteiger partial charge in [-0.1, -0.05) is 0 Å². The van der Waals surface area contributed by atoms with E-state index in [0.717, 1.165) is 4.90 Å². The molecule has 0 heterocycles. The second kappa shape index (κ2) is 6.03. The van der Waals surface area contributed by atoms with Crippen LogP contribution in [0, 0.1) is 11.3 Å². The van der Waals surface area contributed by atoms with Crippen molar-refractivity contribution in [3.63, 3.8) is 0 Å². The number of carbonyl (C=O) groups excluding carboxylic acids is 1. The molecule has 0 saturated carbocycles. The van der Waals surface area contributed by atoms with Crippen molar-refractivity contribution in [1.82, 2.24) is 0 Å². The Labute approximate surface area is 97.8 Å². The maximum atomic E-state index is 11.1. The van der Waals surface area contributed by atoms with Gasteiger partial charge < -0.3 is 9.84 Å². The summed E-state index contributed by atoms with van der Waals surface area (Å²) in [6, 6.07) is 6.50. The van der Waals surface area contributed by atoms with Gasteiger partial charge in [0.05, 0.1) is 17.9 Å². The fraction of sp³-hybridized carbons (Fsp3) is 0.273. The van der Waals surface area contributed by atoms with Crippen LogP contribution in [0.4, 0.5) is 0 Å². The summed E-state index contributed by atoms with van der Waals surface area (Å²) in [6.07, 6.45) is 0. The predicted molar refractivity (Wildman–Crippen MR) is 60.2 cm³/mol. The zero-order valence-electron chi connectivity index (χ0n) is 8.77. The first-order valence-electron chi connectivity index (χ1n) is 4.69. The number of hydrogen-bond donors (Lipinski definition) is 1. The summed E-state index contributed by atoms with van der Waals surface area (Å²) in [5, 5.41) is 18.0. The minimum atomic E-state index is -0.293. The molecular weight excluding hydrogens is 226 g/mol. The number of aromatic hydroxyl groups is 1. The molecule has 0 atom stereocenters. The molecule has 0 fully saturated rings. The van der Waals surface area contributed by atoms with Crippen LogP contribution in [0.5, 0.6) is 5.75 Å². The number of nitrogens with zero attached hydrogens (tertiary/aromatic N) is 1. The number of esters is 1. The first-order chi connectivity index (χ1) is 7.67. The second-order valence-corrected chi connectivity index (χ2v) is 3.93. The molecule has 5 heteroatoms. The highest BCUT2D eigenvalue weighted by atomic mass is 32.2. The van der Waals surface area contributed by atoms with E-state index in [-0.39, 0.29) is 23.0 Å². The van der Waals surface area contributed by atoms with Crippen LogP contribution in [-0.4, -0.2) is 23.4 Å². The smallest absolute Gasteiger partial charge is 0.316 e. The summed E-state index contributed by atoms with van der Waals surface area (Å²) < 4.78 is 4.77. The van der Waals surface area contributed by atoms with Crippen molar-refractivity contribution in [3.8, 4) is 11.8 Å². The van der Waals surface area contributed by atoms with Crippen LogP contribution in [0.2, 0.25) is 0 Å². The van der Waals surface area contributed by atoms with Crippen LogP contribution in [0.25, 0.3) is 0 Å². The van der Waals surface area contributed by atoms with Crippen LogP contribution < -0.4 is 0 Å². The quantitative estimate of drug-likeness (QED) is 0.640. The highest BCUT2D eigenvalue weighted by Gasteiger charge is 2.06. The molecule has 0 aliphatic heterocycles. The van der Waals surface area contributed by atoms with Crippen LogP contribution in [0.1, 0.15) is 12.5 Å². The molecule has 84 valence electrons. The van der Waals surface area contributed by atoms with Crippen LogP contribution in [0.15, 0.2) is 23.1 Å². The van der Waals surface area contributed by atoms with E-state index < -0.39 is 0 Å². The fourth-order valence-electron chi connectivity index (χ4n) is 1.04. The first kappa shape index (κ1) is 12.4. The van der Waals surface area contributed by atoms with E-state index in [1.165, 1.54) is 17.8 Å². The van der Waals surface area contributed by atoms with Crippen molar-refractivity contribution in [2.24, 2.45) is 0 Å². The number of phenols is 1. The van der Waals surface area contributed by atoms with E-state index >= 15 is 0 Å². The molecule has 1 rings (SSSR count). The number of rotatable bonds is 4. The van der Waals surface area contributed by atoms with Gasteiger partial charge in [0.15, 0.2) is 0 Å². The Morgan fingerprint density at radius 3 is 3.00 bits per heavy atom. The lowest BCUT2D eigenvalue weighted by atomic mass is 10.2. The summed E-state index contributed by atoms with van der Waals surface area (Å²) in [6.45, 7) is 2.11. The van der Waals surface area contributed by atoms with Gasteiger partial charge in [-0.05, 0) is 25.1 Å². The lowest BCUT2D eigenvalue weighted by molar-refractivity contribution is -0.139. The summed E-state index contributed by atoms with van der Waals surface area (Å²) in [7, 11) is 0. The number of ether oxygens (including phenoxy) is 1. The van der Waals surface area contributed by atoms with Gasteiger partial charge in [-0.3, -0.25) is 4.79 Å². The molecule has 16 heavy (non-hydrogen) atoms. The number of thioether (sulfide) groups is 1. The third kappa shape index (κ3) is 3.48. The molecule has 0 saturated heterocycles. The summed E-state index contributed by atoms with van der Waals surface area (Å²) in [5.74, 6) is -0.147. The Morgan fingerprint density at radius 1 is 1.62 bits per heavy atom. The van der Waals surface area contributed by atoms with E-state index in [1.54, 1.807) is 19.1 Å². The van der Waals surface area contributed by atoms with Crippen molar-refractivity contribution in [2.75, 3.05) is 12.4 Å². The maximum absolute atomic E-state index is 11.1. The van der Waals surface area contributed by atoms with Crippen molar-refractivity contribution < 1.29 is 14.6 Å². The Bertz CT molecular complexity index is 426. The third-order valence-electron chi connectivity index (χ3n) is 1.75. The molecule has 0 bridgehead atoms. The minimum absolute atomic E-state index is 0.0528. The largest absolute Gasteiger partial charge is 0.507 e. The van der Waals surface area contributed by atoms with Gasteiger partial charge in [-0.25, -0.2) is 0 Å². The van der Waals surface area contributed by atoms with E-state index in [9.17, 15) is 9.90 Å². The Kier molecular flexibility index (Phi) is 4.67. The number of hydrogen-bond acceptors (Lipinski definition) is 5. The van der Waals surface area contributed by atoms with E-state index in [1.807, 2.05) is 6.07 Å². The first-order valence-corrected chi connectivity index (χ1v) is 5.67. The van der Waals surface area contributed by atoms with E-state index in [4.69, 9.17) is 10.00 Å². The van der Waals surface area contributed by atoms with Crippen molar-refractivity contribution in [1.29, 1.82) is 5.26 Å². The average Bonchev–Trinajstić information content (AvgIpc) is 2.28. The van der Waals surface area contributed by atoms with E-state index in [2.05, 4.69) is 0 Å². The average molecular weight is 237 g/mol. The summed E-state index contributed by atoms with van der Waals surface area (Å²) in [5.41, 5.74) is 0.203. The summed E-state index contributed by atoms with van der Waals surface area (Å²) in [4.78, 5) is 11.8. The molecule has 4 nitrogen and oxygen atoms in total. The van der Waals surface area contributed by atoms with Crippen molar-refractivity contribution >= 4 is 17.7 Å². The monoisotopic (exact) mass is 237 g/mol. The molecule has 0 spiro atoms. The van der Waals surface area contributed by atoms with Crippen LogP contribution >= 0.6 is 11.8 Å². The predicted octanol–water partition coefficient (Wildman–Crippen LogP) is 1.92. The van der Waals surface area contributed by atoms with Gasteiger partial charge >= 0.3 is 5.97 Å². The zero-order chi connectivity index (χ0) is 12.0. The molecule has 0 amide bonds. The molecular formula is C11H11NO3S. The van der Waals surface area contributed by atoms with Gasteiger partial charge in [0.1, 0.15) is 11.8 Å². The molecule has 0 aromatic heterocycles. The lowest BCUT2D eigenvalue weighted by Crippen LogP contribution is -2.06. The molecule has 0 aliphatic carbocycles. The number of nitriles is 1. The Morgan fingerprint density at radius 2 is 2.38 bits per heavy atom. The normalized spacial score (nSPS) is 9.50. The number of benzene rings is 1. The van der Waals surface area contributed by atoms with Gasteiger partial charge in [-0.2, -0.15) is 5.26 Å². The molecule has 1 N–H and O–H groups in total. The van der Waals surface area contributed by atoms with E-state index in [0.29, 0.717) is 6.61 Å². The topological polar surface area (TPSA) is 70.3 Å². The second-order valence-electron chi connectivity index (χ2n) is 2.88. The molecule has 0 radical (unpaired) electrons. The van der Waals surface area contributed by atoms with Gasteiger partial charge in [0, 0.05) is 4.90 Å². The minimum Gasteiger partial charge on any atom is -0.507 e. The lowest BCUT2D eigenvalue weighted by Gasteiger charge is -2.03. The third-order valence-corrected chi connectivity index (χ3v) is 2.72. The van der Waals surface area contributed by atoms with Crippen molar-refractivity contribution in [2.45, 2.75) is 11.8 Å². The Hall–Kier alpha value is -1.67. The highest BCUT2D eigenvalue weighted by Crippen LogP contribution is 2.24. The van der Waals surface area contributed by atoms with Crippen molar-refractivity contribution in [3.05, 3.63) is 23.8 Å². The fourth-order valence-corrected chi connectivity index (χ4v) is 1.77. The van der Waals surface area contributed by atoms with Gasteiger partial charge in [-0.15, -0.1) is 11.8 Å². The SMILES string of the molecule is CCOC(=O)CSc1ccc(O)c(C#N)c1. The number of carbonyl (C=O) groups is 1. The summed E-state index contributed by atoms with van der Waals surface area (Å²) >= 11 is 1.27. The Balaban J connectivity index is 2.62. The highest BCUT2D eigenvalue weighted by molar-refractivity contribution is 8.00. The van der Waals surface area contributed by atoms with Crippen LogP contribution in [0.3, 0.4) is 0 Å². The zero-order valence-corrected chi connectivity index (χ0v) is 9.58. The standard InChI is InChI=1S/C11H11NO3S/c1-2-15-11(14)7-16-9-3-4-10(13)8(5-9)6-12/h3-5,13H,2,7H2,1H3. The molecule has 1 aromatic rings. The maximum Gasteiger partial charge on any atom is 0.316 e. The van der Waals surface area contributed by atoms with Gasteiger partial charge in [0.25, 0.3) is 0 Å². The van der Waals surface area contributed by atoms with Crippen LogP contribution in [-0.2, 0) is 9.53 Å². The molecule has 1 aromatic carbocycles.